The number of carbonyl (C=O) groups excluding carboxylic acids is 2. The van der Waals surface area contributed by atoms with Crippen molar-refractivity contribution in [2.24, 2.45) is 0 Å². The lowest BCUT2D eigenvalue weighted by molar-refractivity contribution is -0.117. The summed E-state index contributed by atoms with van der Waals surface area (Å²) < 4.78 is 15.7. The van der Waals surface area contributed by atoms with Gasteiger partial charge in [-0.3, -0.25) is 9.69 Å². The largest absolute Gasteiger partial charge is 0.497 e. The molecule has 2 fully saturated rings. The van der Waals surface area contributed by atoms with Crippen LogP contribution in [-0.4, -0.2) is 66.9 Å². The van der Waals surface area contributed by atoms with Gasteiger partial charge in [0.15, 0.2) is 0 Å². The van der Waals surface area contributed by atoms with E-state index in [1.165, 1.54) is 19.2 Å². The average Bonchev–Trinajstić information content (AvgIpc) is 3.45. The van der Waals surface area contributed by atoms with Gasteiger partial charge in [0.1, 0.15) is 30.0 Å². The zero-order valence-electron chi connectivity index (χ0n) is 19.7. The number of nitrogens with one attached hydrogen (secondary N) is 3. The van der Waals surface area contributed by atoms with Gasteiger partial charge >= 0.3 is 6.03 Å². The molecule has 3 atom stereocenters. The third kappa shape index (κ3) is 4.43. The van der Waals surface area contributed by atoms with E-state index >= 15 is 0 Å². The molecule has 0 spiro atoms. The fourth-order valence-electron chi connectivity index (χ4n) is 4.61. The van der Waals surface area contributed by atoms with E-state index in [-0.39, 0.29) is 36.7 Å². The van der Waals surface area contributed by atoms with Gasteiger partial charge in [-0.05, 0) is 24.1 Å². The van der Waals surface area contributed by atoms with E-state index in [1.54, 1.807) is 36.4 Å². The summed E-state index contributed by atoms with van der Waals surface area (Å²) in [5.74, 6) is 1.57. The predicted molar refractivity (Wildman–Crippen MR) is 127 cm³/mol. The topological polar surface area (TPSA) is 108 Å². The molecule has 11 nitrogen and oxygen atoms in total. The Morgan fingerprint density at radius 3 is 2.31 bits per heavy atom. The number of methoxy groups -OCH3 is 3. The average molecular weight is 481 g/mol. The van der Waals surface area contributed by atoms with Crippen molar-refractivity contribution in [1.29, 1.82) is 0 Å². The van der Waals surface area contributed by atoms with Gasteiger partial charge in [-0.2, -0.15) is 0 Å². The zero-order valence-corrected chi connectivity index (χ0v) is 19.7. The Hall–Kier alpha value is -3.96. The quantitative estimate of drug-likeness (QED) is 0.553. The fourth-order valence-corrected chi connectivity index (χ4v) is 4.61. The monoisotopic (exact) mass is 480 g/mol. The third-order valence-corrected chi connectivity index (χ3v) is 6.39. The van der Waals surface area contributed by atoms with Gasteiger partial charge in [0.25, 0.3) is 0 Å². The number of amides is 3. The predicted octanol–water partition coefficient (Wildman–Crippen LogP) is 2.02. The highest BCUT2D eigenvalue weighted by molar-refractivity contribution is 5.95. The molecule has 184 valence electrons. The van der Waals surface area contributed by atoms with Crippen LogP contribution in [0, 0.1) is 0 Å². The summed E-state index contributed by atoms with van der Waals surface area (Å²) in [5, 5.41) is 6.16. The van der Waals surface area contributed by atoms with Crippen LogP contribution in [0.15, 0.2) is 54.9 Å². The summed E-state index contributed by atoms with van der Waals surface area (Å²) in [6.07, 6.45) is 4.07. The Kier molecular flexibility index (Phi) is 6.10. The first-order valence-corrected chi connectivity index (χ1v) is 11.2. The Bertz CT molecular complexity index is 1120. The van der Waals surface area contributed by atoms with E-state index in [9.17, 15) is 9.59 Å². The second kappa shape index (κ2) is 9.35. The molecule has 3 aliphatic rings. The molecule has 0 aliphatic carbocycles. The number of hydrazine groups is 2. The molecule has 3 heterocycles. The molecule has 3 aliphatic heterocycles. The number of benzene rings is 2. The minimum absolute atomic E-state index is 0.00763. The zero-order chi connectivity index (χ0) is 24.5. The summed E-state index contributed by atoms with van der Waals surface area (Å²) in [5.41, 5.74) is 8.35. The summed E-state index contributed by atoms with van der Waals surface area (Å²) in [7, 11) is 4.72. The van der Waals surface area contributed by atoms with E-state index in [4.69, 9.17) is 14.2 Å². The first-order valence-electron chi connectivity index (χ1n) is 11.2. The standard InChI is InChI=1S/C24H28N6O5/c1-33-17-6-4-15(5-7-17)20-13-21-23-27-30(24(32)28(23)8-9-29(21)26-20)14-22(31)25-16-10-18(34-2)12-19(11-16)35-3/h4-12,20-21,23,26-27H,13-14H2,1-3H3,(H,25,31). The Morgan fingerprint density at radius 2 is 1.66 bits per heavy atom. The van der Waals surface area contributed by atoms with Crippen LogP contribution in [0.25, 0.3) is 0 Å². The summed E-state index contributed by atoms with van der Waals surface area (Å²) in [6, 6.07) is 12.8. The fraction of sp³-hybridized carbons (Fsp3) is 0.333. The van der Waals surface area contributed by atoms with Crippen molar-refractivity contribution in [1.82, 2.24) is 25.8 Å². The molecule has 5 rings (SSSR count). The molecule has 0 bridgehead atoms. The molecule has 3 N–H and O–H groups in total. The molecule has 2 saturated heterocycles. The van der Waals surface area contributed by atoms with Crippen LogP contribution in [0.3, 0.4) is 0 Å². The molecule has 2 aromatic carbocycles. The van der Waals surface area contributed by atoms with Gasteiger partial charge in [-0.25, -0.2) is 20.7 Å². The summed E-state index contributed by atoms with van der Waals surface area (Å²) in [4.78, 5) is 27.4. The molecule has 0 aromatic heterocycles. The maximum absolute atomic E-state index is 13.0. The third-order valence-electron chi connectivity index (χ3n) is 6.39. The Labute approximate surface area is 203 Å². The van der Waals surface area contributed by atoms with Crippen molar-refractivity contribution in [3.63, 3.8) is 0 Å². The maximum atomic E-state index is 13.0. The molecule has 0 saturated carbocycles. The van der Waals surface area contributed by atoms with Gasteiger partial charge in [0.2, 0.25) is 5.91 Å². The number of hydrogen-bond acceptors (Lipinski definition) is 8. The Balaban J connectivity index is 1.24. The molecular formula is C24H28N6O5. The molecule has 0 radical (unpaired) electrons. The second-order valence-corrected chi connectivity index (χ2v) is 8.46. The van der Waals surface area contributed by atoms with Gasteiger partial charge in [-0.1, -0.05) is 12.1 Å². The first-order chi connectivity index (χ1) is 17.0. The van der Waals surface area contributed by atoms with Crippen molar-refractivity contribution in [3.05, 3.63) is 60.4 Å². The summed E-state index contributed by atoms with van der Waals surface area (Å²) >= 11 is 0. The van der Waals surface area contributed by atoms with Crippen molar-refractivity contribution in [2.75, 3.05) is 33.2 Å². The van der Waals surface area contributed by atoms with Gasteiger partial charge in [-0.15, -0.1) is 0 Å². The number of rotatable bonds is 7. The molecule has 3 unspecified atom stereocenters. The molecular weight excluding hydrogens is 452 g/mol. The van der Waals surface area contributed by atoms with Crippen LogP contribution in [0.2, 0.25) is 0 Å². The normalized spacial score (nSPS) is 22.7. The number of ether oxygens (including phenoxy) is 3. The second-order valence-electron chi connectivity index (χ2n) is 8.46. The molecule has 3 amide bonds. The Morgan fingerprint density at radius 1 is 0.971 bits per heavy atom. The van der Waals surface area contributed by atoms with Crippen molar-refractivity contribution in [2.45, 2.75) is 24.7 Å². The van der Waals surface area contributed by atoms with Crippen LogP contribution < -0.4 is 30.4 Å². The number of fused-ring (bicyclic) bond motifs is 3. The number of nitrogens with zero attached hydrogens (tertiary/aromatic N) is 3. The van der Waals surface area contributed by atoms with Gasteiger partial charge in [0, 0.05) is 36.3 Å². The lowest BCUT2D eigenvalue weighted by Gasteiger charge is -2.34. The van der Waals surface area contributed by atoms with Gasteiger partial charge < -0.3 is 24.5 Å². The van der Waals surface area contributed by atoms with Gasteiger partial charge in [0.05, 0.1) is 33.4 Å². The highest BCUT2D eigenvalue weighted by Gasteiger charge is 2.48. The van der Waals surface area contributed by atoms with E-state index in [0.717, 1.165) is 17.7 Å². The number of carbonyl (C=O) groups is 2. The molecule has 35 heavy (non-hydrogen) atoms. The van der Waals surface area contributed by atoms with Crippen LogP contribution in [0.4, 0.5) is 10.5 Å². The lowest BCUT2D eigenvalue weighted by atomic mass is 10.00. The van der Waals surface area contributed by atoms with E-state index in [2.05, 4.69) is 16.2 Å². The smallest absolute Gasteiger partial charge is 0.340 e. The number of hydrogen-bond donors (Lipinski definition) is 3. The highest BCUT2D eigenvalue weighted by Crippen LogP contribution is 2.35. The molecule has 11 heteroatoms. The minimum Gasteiger partial charge on any atom is -0.497 e. The first kappa shape index (κ1) is 22.8. The minimum atomic E-state index is -0.345. The van der Waals surface area contributed by atoms with E-state index in [0.29, 0.717) is 17.2 Å². The lowest BCUT2D eigenvalue weighted by Crippen LogP contribution is -2.54. The van der Waals surface area contributed by atoms with E-state index in [1.807, 2.05) is 35.5 Å². The SMILES string of the molecule is COc1ccc(C2CC3C4NN(CC(=O)Nc5cc(OC)cc(OC)c5)C(=O)N4C=CN3N2)cc1. The number of urea groups is 1. The van der Waals surface area contributed by atoms with Crippen molar-refractivity contribution >= 4 is 17.6 Å². The highest BCUT2D eigenvalue weighted by atomic mass is 16.5. The van der Waals surface area contributed by atoms with Crippen molar-refractivity contribution < 1.29 is 23.8 Å². The van der Waals surface area contributed by atoms with E-state index < -0.39 is 0 Å². The molecule has 2 aromatic rings. The summed E-state index contributed by atoms with van der Waals surface area (Å²) in [6.45, 7) is -0.152. The maximum Gasteiger partial charge on any atom is 0.340 e. The van der Waals surface area contributed by atoms with Crippen LogP contribution >= 0.6 is 0 Å². The van der Waals surface area contributed by atoms with Crippen LogP contribution in [-0.2, 0) is 4.79 Å². The number of anilines is 1. The van der Waals surface area contributed by atoms with Crippen LogP contribution in [0.1, 0.15) is 18.0 Å². The van der Waals surface area contributed by atoms with Crippen molar-refractivity contribution in [3.8, 4) is 17.2 Å². The van der Waals surface area contributed by atoms with Crippen LogP contribution in [0.5, 0.6) is 17.2 Å².